The highest BCUT2D eigenvalue weighted by atomic mass is 19.1. The molecule has 3 aromatic rings. The van der Waals surface area contributed by atoms with Crippen LogP contribution in [0.25, 0.3) is 10.8 Å². The highest BCUT2D eigenvalue weighted by molar-refractivity contribution is 6.38. The van der Waals surface area contributed by atoms with E-state index in [0.717, 1.165) is 11.0 Å². The quantitative estimate of drug-likeness (QED) is 0.306. The molecule has 0 aliphatic carbocycles. The minimum atomic E-state index is -0.812. The highest BCUT2D eigenvalue weighted by Crippen LogP contribution is 2.47. The van der Waals surface area contributed by atoms with E-state index in [1.54, 1.807) is 19.1 Å². The summed E-state index contributed by atoms with van der Waals surface area (Å²) < 4.78 is 32.3. The third-order valence-corrected chi connectivity index (χ3v) is 5.57. The van der Waals surface area contributed by atoms with E-state index in [1.165, 1.54) is 12.1 Å². The van der Waals surface area contributed by atoms with Crippen molar-refractivity contribution in [2.45, 2.75) is 53.2 Å². The number of hydrogen-bond donors (Lipinski definition) is 0. The fourth-order valence-corrected chi connectivity index (χ4v) is 4.25. The summed E-state index contributed by atoms with van der Waals surface area (Å²) in [6.07, 6.45) is -0.701. The fraction of sp³-hybridized carbons (Fsp3) is 0.321. The van der Waals surface area contributed by atoms with E-state index < -0.39 is 23.6 Å². The van der Waals surface area contributed by atoms with Gasteiger partial charge in [-0.2, -0.15) is 0 Å². The maximum Gasteiger partial charge on any atom is 0.310 e. The Morgan fingerprint density at radius 2 is 1.42 bits per heavy atom. The van der Waals surface area contributed by atoms with Crippen molar-refractivity contribution < 1.29 is 33.0 Å². The lowest BCUT2D eigenvalue weighted by Gasteiger charge is -2.20. The number of halogens is 1. The molecule has 4 rings (SSSR count). The van der Waals surface area contributed by atoms with Gasteiger partial charge in [0.15, 0.2) is 0 Å². The number of nitrogens with zero attached hydrogens (tertiary/aromatic N) is 1. The molecule has 1 heterocycles. The second-order valence-electron chi connectivity index (χ2n) is 9.00. The van der Waals surface area contributed by atoms with Gasteiger partial charge in [0.2, 0.25) is 0 Å². The van der Waals surface area contributed by atoms with Crippen molar-refractivity contribution in [3.8, 4) is 11.5 Å². The lowest BCUT2D eigenvalue weighted by molar-refractivity contribution is -0.142. The highest BCUT2D eigenvalue weighted by Gasteiger charge is 2.44. The summed E-state index contributed by atoms with van der Waals surface area (Å²) in [5, 5.41) is 1.24. The first-order chi connectivity index (χ1) is 17.1. The fourth-order valence-electron chi connectivity index (χ4n) is 4.25. The number of carbonyl (C=O) groups is 3. The van der Waals surface area contributed by atoms with Crippen LogP contribution in [0.15, 0.2) is 42.5 Å². The maximum atomic E-state index is 15.2. The van der Waals surface area contributed by atoms with Gasteiger partial charge in [0, 0.05) is 10.8 Å². The van der Waals surface area contributed by atoms with Crippen LogP contribution in [0, 0.1) is 5.82 Å². The zero-order chi connectivity index (χ0) is 26.1. The van der Waals surface area contributed by atoms with Crippen LogP contribution in [0.2, 0.25) is 0 Å². The van der Waals surface area contributed by atoms with E-state index in [0.29, 0.717) is 16.3 Å². The number of hydrogen-bond acceptors (Lipinski definition) is 6. The maximum absolute atomic E-state index is 15.2. The second-order valence-corrected chi connectivity index (χ2v) is 9.00. The van der Waals surface area contributed by atoms with Crippen LogP contribution in [-0.4, -0.2) is 36.6 Å². The van der Waals surface area contributed by atoms with Crippen LogP contribution < -0.4 is 14.4 Å². The summed E-state index contributed by atoms with van der Waals surface area (Å²) in [5.41, 5.74) is 0.227. The van der Waals surface area contributed by atoms with Gasteiger partial charge in [0.25, 0.3) is 11.8 Å². The van der Waals surface area contributed by atoms with E-state index in [9.17, 15) is 14.4 Å². The second kappa shape index (κ2) is 9.97. The number of amides is 2. The summed E-state index contributed by atoms with van der Waals surface area (Å²) >= 11 is 0. The number of rotatable bonds is 8. The number of ether oxygens (including phenoxy) is 3. The summed E-state index contributed by atoms with van der Waals surface area (Å²) in [6, 6.07) is 11.1. The third kappa shape index (κ3) is 4.51. The molecule has 0 saturated heterocycles. The van der Waals surface area contributed by atoms with Gasteiger partial charge in [-0.15, -0.1) is 0 Å². The lowest BCUT2D eigenvalue weighted by Crippen LogP contribution is -2.30. The van der Waals surface area contributed by atoms with Crippen molar-refractivity contribution in [2.24, 2.45) is 0 Å². The predicted molar refractivity (Wildman–Crippen MR) is 133 cm³/mol. The molecule has 8 heteroatoms. The molecule has 0 saturated carbocycles. The van der Waals surface area contributed by atoms with Crippen LogP contribution in [0.5, 0.6) is 11.5 Å². The Morgan fingerprint density at radius 3 is 1.86 bits per heavy atom. The molecule has 1 aliphatic rings. The van der Waals surface area contributed by atoms with Gasteiger partial charge in [-0.25, -0.2) is 9.29 Å². The molecule has 188 valence electrons. The first kappa shape index (κ1) is 25.2. The summed E-state index contributed by atoms with van der Waals surface area (Å²) in [4.78, 5) is 40.0. The number of anilines is 1. The van der Waals surface area contributed by atoms with E-state index in [2.05, 4.69) is 0 Å². The van der Waals surface area contributed by atoms with Gasteiger partial charge in [0.05, 0.1) is 42.0 Å². The minimum Gasteiger partial charge on any atom is -0.489 e. The van der Waals surface area contributed by atoms with Crippen LogP contribution >= 0.6 is 0 Å². The van der Waals surface area contributed by atoms with Crippen molar-refractivity contribution >= 4 is 34.2 Å². The molecule has 3 aromatic carbocycles. The molecular weight excluding hydrogens is 465 g/mol. The number of esters is 1. The topological polar surface area (TPSA) is 82.1 Å². The summed E-state index contributed by atoms with van der Waals surface area (Å²) in [7, 11) is 0. The van der Waals surface area contributed by atoms with Gasteiger partial charge in [-0.1, -0.05) is 30.3 Å². The summed E-state index contributed by atoms with van der Waals surface area (Å²) in [5.74, 6) is -2.21. The first-order valence-corrected chi connectivity index (χ1v) is 11.9. The summed E-state index contributed by atoms with van der Waals surface area (Å²) in [6.45, 7) is 9.18. The molecule has 0 fully saturated rings. The number of benzene rings is 3. The van der Waals surface area contributed by atoms with Crippen LogP contribution in [0.1, 0.15) is 60.9 Å². The standard InChI is InChI=1S/C28H28FNO6/c1-6-34-22(31)14-17-11-12-21(20(29)13-17)30-27(32)23-24(28(30)33)26(36-16(4)5)19-10-8-7-9-18(19)25(23)35-15(2)3/h7-13,15-16H,6,14H2,1-5H3. The van der Waals surface area contributed by atoms with Gasteiger partial charge in [-0.05, 0) is 52.3 Å². The molecule has 0 atom stereocenters. The number of carbonyl (C=O) groups excluding carboxylic acids is 3. The molecule has 0 unspecified atom stereocenters. The van der Waals surface area contributed by atoms with Crippen molar-refractivity contribution in [3.63, 3.8) is 0 Å². The normalized spacial score (nSPS) is 13.1. The Balaban J connectivity index is 1.88. The molecule has 0 bridgehead atoms. The lowest BCUT2D eigenvalue weighted by atomic mass is 9.98. The zero-order valence-corrected chi connectivity index (χ0v) is 20.9. The Bertz CT molecular complexity index is 1300. The monoisotopic (exact) mass is 493 g/mol. The van der Waals surface area contributed by atoms with Crippen molar-refractivity contribution in [1.82, 2.24) is 0 Å². The molecular formula is C28H28FNO6. The molecule has 2 amide bonds. The van der Waals surface area contributed by atoms with Crippen molar-refractivity contribution in [2.75, 3.05) is 11.5 Å². The Morgan fingerprint density at radius 1 is 0.889 bits per heavy atom. The van der Waals surface area contributed by atoms with Crippen LogP contribution in [-0.2, 0) is 16.0 Å². The zero-order valence-electron chi connectivity index (χ0n) is 20.9. The molecule has 0 aromatic heterocycles. The Kier molecular flexibility index (Phi) is 6.97. The van der Waals surface area contributed by atoms with E-state index in [-0.39, 0.29) is 53.5 Å². The van der Waals surface area contributed by atoms with E-state index in [4.69, 9.17) is 14.2 Å². The van der Waals surface area contributed by atoms with E-state index in [1.807, 2.05) is 39.8 Å². The molecule has 0 spiro atoms. The minimum absolute atomic E-state index is 0.0399. The third-order valence-electron chi connectivity index (χ3n) is 5.57. The van der Waals surface area contributed by atoms with Gasteiger partial charge < -0.3 is 14.2 Å². The van der Waals surface area contributed by atoms with Crippen molar-refractivity contribution in [3.05, 3.63) is 65.0 Å². The Labute approximate surface area is 208 Å². The number of fused-ring (bicyclic) bond motifs is 2. The van der Waals surface area contributed by atoms with Crippen LogP contribution in [0.3, 0.4) is 0 Å². The largest absolute Gasteiger partial charge is 0.489 e. The molecule has 0 N–H and O–H groups in total. The number of imide groups is 1. The van der Waals surface area contributed by atoms with E-state index >= 15 is 4.39 Å². The SMILES string of the molecule is CCOC(=O)Cc1ccc(N2C(=O)c3c(c(OC(C)C)c4ccccc4c3OC(C)C)C2=O)c(F)c1. The first-order valence-electron chi connectivity index (χ1n) is 11.9. The smallest absolute Gasteiger partial charge is 0.310 e. The van der Waals surface area contributed by atoms with Crippen molar-refractivity contribution in [1.29, 1.82) is 0 Å². The molecule has 7 nitrogen and oxygen atoms in total. The van der Waals surface area contributed by atoms with Crippen LogP contribution in [0.4, 0.5) is 10.1 Å². The average molecular weight is 494 g/mol. The van der Waals surface area contributed by atoms with Gasteiger partial charge >= 0.3 is 5.97 Å². The average Bonchev–Trinajstić information content (AvgIpc) is 3.06. The predicted octanol–water partition coefficient (Wildman–Crippen LogP) is 5.46. The van der Waals surface area contributed by atoms with Gasteiger partial charge in [-0.3, -0.25) is 14.4 Å². The molecule has 1 aliphatic heterocycles. The Hall–Kier alpha value is -3.94. The molecule has 0 radical (unpaired) electrons. The molecule has 36 heavy (non-hydrogen) atoms. The van der Waals surface area contributed by atoms with Gasteiger partial charge in [0.1, 0.15) is 17.3 Å².